The topological polar surface area (TPSA) is 93.2 Å². The van der Waals surface area contributed by atoms with E-state index < -0.39 is 5.91 Å². The molecule has 0 unspecified atom stereocenters. The van der Waals surface area contributed by atoms with Gasteiger partial charge in [0.1, 0.15) is 5.75 Å². The van der Waals surface area contributed by atoms with Crippen LogP contribution in [0.4, 0.5) is 10.8 Å². The van der Waals surface area contributed by atoms with E-state index in [-0.39, 0.29) is 18.3 Å². The minimum absolute atomic E-state index is 0.131. The molecule has 0 atom stereocenters. The number of benzene rings is 2. The van der Waals surface area contributed by atoms with Crippen LogP contribution in [0.3, 0.4) is 0 Å². The Bertz CT molecular complexity index is 1110. The maximum Gasteiger partial charge on any atom is 0.264 e. The van der Waals surface area contributed by atoms with Gasteiger partial charge in [-0.3, -0.25) is 14.9 Å². The number of anilines is 2. The summed E-state index contributed by atoms with van der Waals surface area (Å²) in [5.74, 6) is -0.158. The summed E-state index contributed by atoms with van der Waals surface area (Å²) < 4.78 is 5.91. The highest BCUT2D eigenvalue weighted by Crippen LogP contribution is 2.28. The summed E-state index contributed by atoms with van der Waals surface area (Å²) in [5, 5.41) is 14.9. The summed E-state index contributed by atoms with van der Waals surface area (Å²) >= 11 is 20.2. The average Bonchev–Trinajstić information content (AvgIpc) is 3.16. The average molecular weight is 518 g/mol. The van der Waals surface area contributed by atoms with Crippen molar-refractivity contribution in [1.82, 2.24) is 10.2 Å². The summed E-state index contributed by atoms with van der Waals surface area (Å²) in [5.41, 5.74) is 1.55. The zero-order valence-corrected chi connectivity index (χ0v) is 19.8. The van der Waals surface area contributed by atoms with Crippen molar-refractivity contribution < 1.29 is 14.3 Å². The van der Waals surface area contributed by atoms with E-state index in [4.69, 9.17) is 39.5 Å². The molecular weight excluding hydrogens is 503 g/mol. The normalized spacial score (nSPS) is 10.6. The van der Waals surface area contributed by atoms with Crippen molar-refractivity contribution in [3.8, 4) is 5.75 Å². The molecule has 162 valence electrons. The molecule has 0 aliphatic carbocycles. The number of thioether (sulfide) groups is 1. The van der Waals surface area contributed by atoms with E-state index in [0.29, 0.717) is 36.0 Å². The van der Waals surface area contributed by atoms with Crippen molar-refractivity contribution >= 4 is 80.5 Å². The fraction of sp³-hybridized carbons (Fsp3) is 0.158. The number of nitrogens with one attached hydrogen (secondary N) is 2. The predicted octanol–water partition coefficient (Wildman–Crippen LogP) is 5.56. The van der Waals surface area contributed by atoms with Crippen LogP contribution < -0.4 is 15.4 Å². The number of aromatic nitrogens is 2. The Balaban J connectivity index is 1.44. The first-order valence-electron chi connectivity index (χ1n) is 8.70. The number of ether oxygens (including phenoxy) is 1. The Kier molecular flexibility index (Phi) is 8.39. The molecule has 3 aromatic rings. The molecule has 7 nitrogen and oxygen atoms in total. The largest absolute Gasteiger partial charge is 0.482 e. The Morgan fingerprint density at radius 3 is 2.58 bits per heavy atom. The number of hydrogen-bond donors (Lipinski definition) is 2. The number of carbonyl (C=O) groups excluding carboxylic acids is 2. The highest BCUT2D eigenvalue weighted by Gasteiger charge is 2.12. The van der Waals surface area contributed by atoms with Gasteiger partial charge in [0, 0.05) is 15.7 Å². The lowest BCUT2D eigenvalue weighted by Gasteiger charge is -2.07. The predicted molar refractivity (Wildman–Crippen MR) is 126 cm³/mol. The van der Waals surface area contributed by atoms with Crippen LogP contribution in [-0.2, 0) is 9.59 Å². The second-order valence-corrected chi connectivity index (χ2v) is 9.54. The number of carbonyl (C=O) groups is 2. The molecule has 12 heteroatoms. The van der Waals surface area contributed by atoms with Gasteiger partial charge in [-0.15, -0.1) is 10.2 Å². The van der Waals surface area contributed by atoms with Gasteiger partial charge in [-0.25, -0.2) is 0 Å². The Hall–Kier alpha value is -2.04. The fourth-order valence-electron chi connectivity index (χ4n) is 2.20. The van der Waals surface area contributed by atoms with Crippen LogP contribution in [0.1, 0.15) is 5.56 Å². The van der Waals surface area contributed by atoms with Crippen molar-refractivity contribution in [1.29, 1.82) is 0 Å². The van der Waals surface area contributed by atoms with Crippen LogP contribution in [0.25, 0.3) is 0 Å². The number of amides is 2. The molecule has 2 N–H and O–H groups in total. The Morgan fingerprint density at radius 2 is 1.84 bits per heavy atom. The molecule has 0 fully saturated rings. The van der Waals surface area contributed by atoms with Gasteiger partial charge >= 0.3 is 0 Å². The SMILES string of the molecule is Cc1ccc(NC(=O)CSc2nnc(NC(=O)COc3ccc(Cl)cc3Cl)s2)cc1Cl. The molecule has 1 heterocycles. The lowest BCUT2D eigenvalue weighted by atomic mass is 10.2. The lowest BCUT2D eigenvalue weighted by molar-refractivity contribution is -0.118. The quantitative estimate of drug-likeness (QED) is 0.300. The number of nitrogens with zero attached hydrogens (tertiary/aromatic N) is 2. The molecule has 0 saturated carbocycles. The molecule has 0 bridgehead atoms. The van der Waals surface area contributed by atoms with Gasteiger partial charge in [-0.2, -0.15) is 0 Å². The third-order valence-electron chi connectivity index (χ3n) is 3.69. The van der Waals surface area contributed by atoms with Gasteiger partial charge in [0.05, 0.1) is 10.8 Å². The molecule has 2 aromatic carbocycles. The molecule has 2 amide bonds. The third-order valence-corrected chi connectivity index (χ3v) is 6.60. The Morgan fingerprint density at radius 1 is 1.03 bits per heavy atom. The number of rotatable bonds is 8. The molecular formula is C19H15Cl3N4O3S2. The minimum Gasteiger partial charge on any atom is -0.482 e. The molecule has 0 aliphatic heterocycles. The van der Waals surface area contributed by atoms with Crippen LogP contribution in [0.5, 0.6) is 5.75 Å². The van der Waals surface area contributed by atoms with Gasteiger partial charge in [-0.1, -0.05) is 64.0 Å². The monoisotopic (exact) mass is 516 g/mol. The van der Waals surface area contributed by atoms with Gasteiger partial charge in [0.15, 0.2) is 10.9 Å². The van der Waals surface area contributed by atoms with E-state index in [0.717, 1.165) is 16.9 Å². The second-order valence-electron chi connectivity index (χ2n) is 6.09. The summed E-state index contributed by atoms with van der Waals surface area (Å²) in [4.78, 5) is 24.2. The van der Waals surface area contributed by atoms with Gasteiger partial charge in [-0.05, 0) is 42.8 Å². The number of halogens is 3. The molecule has 0 saturated heterocycles. The molecule has 0 spiro atoms. The van der Waals surface area contributed by atoms with Gasteiger partial charge in [0.2, 0.25) is 11.0 Å². The molecule has 0 aliphatic rings. The minimum atomic E-state index is -0.423. The first-order valence-corrected chi connectivity index (χ1v) is 11.6. The molecule has 31 heavy (non-hydrogen) atoms. The van der Waals surface area contributed by atoms with Crippen LogP contribution in [0.2, 0.25) is 15.1 Å². The standard InChI is InChI=1S/C19H15Cl3N4O3S2/c1-10-2-4-12(7-13(10)21)23-17(28)9-30-19-26-25-18(31-19)24-16(27)8-29-15-5-3-11(20)6-14(15)22/h2-7H,8-9H2,1H3,(H,23,28)(H,24,25,27). The number of hydrogen-bond acceptors (Lipinski definition) is 7. The highest BCUT2D eigenvalue weighted by molar-refractivity contribution is 8.01. The maximum atomic E-state index is 12.1. The van der Waals surface area contributed by atoms with Crippen LogP contribution in [-0.4, -0.2) is 34.4 Å². The van der Waals surface area contributed by atoms with Crippen molar-refractivity contribution in [3.63, 3.8) is 0 Å². The van der Waals surface area contributed by atoms with E-state index in [1.807, 2.05) is 13.0 Å². The highest BCUT2D eigenvalue weighted by atomic mass is 35.5. The zero-order chi connectivity index (χ0) is 22.4. The smallest absolute Gasteiger partial charge is 0.264 e. The second kappa shape index (κ2) is 11.0. The Labute approximate surface area is 201 Å². The summed E-state index contributed by atoms with van der Waals surface area (Å²) in [7, 11) is 0. The van der Waals surface area contributed by atoms with Crippen LogP contribution in [0.15, 0.2) is 40.7 Å². The van der Waals surface area contributed by atoms with Gasteiger partial charge in [0.25, 0.3) is 5.91 Å². The van der Waals surface area contributed by atoms with Crippen molar-refractivity contribution in [2.24, 2.45) is 0 Å². The molecule has 3 rings (SSSR count). The maximum absolute atomic E-state index is 12.1. The summed E-state index contributed by atoms with van der Waals surface area (Å²) in [6.45, 7) is 1.62. The van der Waals surface area contributed by atoms with E-state index in [9.17, 15) is 9.59 Å². The van der Waals surface area contributed by atoms with Gasteiger partial charge < -0.3 is 10.1 Å². The van der Waals surface area contributed by atoms with E-state index in [1.165, 1.54) is 17.8 Å². The molecule has 1 aromatic heterocycles. The first kappa shape index (κ1) is 23.6. The number of aryl methyl sites for hydroxylation is 1. The van der Waals surface area contributed by atoms with Crippen LogP contribution >= 0.6 is 57.9 Å². The molecule has 0 radical (unpaired) electrons. The third kappa shape index (κ3) is 7.26. The fourth-order valence-corrected chi connectivity index (χ4v) is 4.42. The van der Waals surface area contributed by atoms with Crippen molar-refractivity contribution in [2.45, 2.75) is 11.3 Å². The van der Waals surface area contributed by atoms with Crippen LogP contribution in [0, 0.1) is 6.92 Å². The first-order chi connectivity index (χ1) is 14.8. The van der Waals surface area contributed by atoms with E-state index >= 15 is 0 Å². The van der Waals surface area contributed by atoms with Crippen molar-refractivity contribution in [2.75, 3.05) is 23.0 Å². The zero-order valence-electron chi connectivity index (χ0n) is 15.9. The lowest BCUT2D eigenvalue weighted by Crippen LogP contribution is -2.20. The van der Waals surface area contributed by atoms with Crippen molar-refractivity contribution in [3.05, 3.63) is 57.0 Å². The van der Waals surface area contributed by atoms with E-state index in [2.05, 4.69) is 20.8 Å². The summed E-state index contributed by atoms with van der Waals surface area (Å²) in [6.07, 6.45) is 0. The summed E-state index contributed by atoms with van der Waals surface area (Å²) in [6, 6.07) is 10.0. The van der Waals surface area contributed by atoms with E-state index in [1.54, 1.807) is 24.3 Å².